The van der Waals surface area contributed by atoms with E-state index in [1.165, 1.54) is 26.4 Å². The number of benzene rings is 2. The van der Waals surface area contributed by atoms with E-state index in [0.29, 0.717) is 69.6 Å². The largest absolute Gasteiger partial charge is 0.491 e. The molecule has 5 aromatic rings. The van der Waals surface area contributed by atoms with Crippen LogP contribution < -0.4 is 25.0 Å². The minimum atomic E-state index is -0.497. The number of fused-ring (bicyclic) bond motifs is 2. The Morgan fingerprint density at radius 3 is 2.51 bits per heavy atom. The van der Waals surface area contributed by atoms with Gasteiger partial charge in [0, 0.05) is 48.0 Å². The summed E-state index contributed by atoms with van der Waals surface area (Å²) in [6.45, 7) is 0.702. The highest BCUT2D eigenvalue weighted by atomic mass is 19.1. The molecule has 206 valence electrons. The number of nitrogens with one attached hydrogen (secondary N) is 1. The van der Waals surface area contributed by atoms with Crippen molar-refractivity contribution >= 4 is 22.6 Å². The highest BCUT2D eigenvalue weighted by molar-refractivity contribution is 6.05. The number of pyridine rings is 3. The molecule has 6 rings (SSSR count). The van der Waals surface area contributed by atoms with Crippen LogP contribution in [0.2, 0.25) is 0 Å². The molecule has 4 heterocycles. The molecular formula is C31H25FN4O5. The number of nitrogens with zero attached hydrogens (tertiary/aromatic N) is 3. The fourth-order valence-corrected chi connectivity index (χ4v) is 4.97. The average Bonchev–Trinajstić information content (AvgIpc) is 3.46. The molecule has 0 atom stereocenters. The van der Waals surface area contributed by atoms with Crippen molar-refractivity contribution in [1.29, 1.82) is 0 Å². The third-order valence-corrected chi connectivity index (χ3v) is 6.95. The molecule has 2 aromatic carbocycles. The van der Waals surface area contributed by atoms with Crippen LogP contribution in [0.15, 0.2) is 77.9 Å². The molecule has 0 saturated carbocycles. The van der Waals surface area contributed by atoms with E-state index in [4.69, 9.17) is 14.2 Å². The van der Waals surface area contributed by atoms with E-state index >= 15 is 0 Å². The molecule has 1 amide bonds. The van der Waals surface area contributed by atoms with Crippen molar-refractivity contribution in [3.63, 3.8) is 0 Å². The summed E-state index contributed by atoms with van der Waals surface area (Å²) in [7, 11) is 3.03. The van der Waals surface area contributed by atoms with Gasteiger partial charge in [0.2, 0.25) is 5.43 Å². The lowest BCUT2D eigenvalue weighted by molar-refractivity contribution is 0.102. The van der Waals surface area contributed by atoms with Gasteiger partial charge in [-0.3, -0.25) is 14.6 Å². The smallest absolute Gasteiger partial charge is 0.261 e. The second-order valence-corrected chi connectivity index (χ2v) is 9.45. The number of rotatable bonds is 7. The highest BCUT2D eigenvalue weighted by Crippen LogP contribution is 2.34. The number of hydrogen-bond donors (Lipinski definition) is 1. The quantitative estimate of drug-likeness (QED) is 0.280. The van der Waals surface area contributed by atoms with Crippen LogP contribution in [-0.4, -0.2) is 34.7 Å². The molecule has 0 fully saturated rings. The molecule has 0 saturated heterocycles. The average molecular weight is 553 g/mol. The summed E-state index contributed by atoms with van der Waals surface area (Å²) in [6, 6.07) is 15.9. The van der Waals surface area contributed by atoms with E-state index in [-0.39, 0.29) is 11.0 Å². The van der Waals surface area contributed by atoms with Gasteiger partial charge in [0.25, 0.3) is 11.8 Å². The molecule has 1 N–H and O–H groups in total. The molecule has 1 aliphatic rings. The zero-order valence-electron chi connectivity index (χ0n) is 22.3. The topological polar surface area (TPSA) is 105 Å². The molecule has 0 radical (unpaired) electrons. The van der Waals surface area contributed by atoms with Crippen LogP contribution in [0, 0.1) is 5.82 Å². The molecule has 0 bridgehead atoms. The van der Waals surface area contributed by atoms with Gasteiger partial charge in [0.1, 0.15) is 22.6 Å². The van der Waals surface area contributed by atoms with E-state index in [2.05, 4.69) is 15.3 Å². The number of aromatic nitrogens is 3. The summed E-state index contributed by atoms with van der Waals surface area (Å²) in [4.78, 5) is 35.7. The number of hydrogen-bond acceptors (Lipinski definition) is 7. The van der Waals surface area contributed by atoms with Crippen LogP contribution in [0.4, 0.5) is 10.1 Å². The highest BCUT2D eigenvalue weighted by Gasteiger charge is 2.25. The van der Waals surface area contributed by atoms with Crippen LogP contribution >= 0.6 is 0 Å². The first kappa shape index (κ1) is 26.0. The number of anilines is 1. The zero-order chi connectivity index (χ0) is 28.5. The Balaban J connectivity index is 1.26. The maximum absolute atomic E-state index is 13.5. The Morgan fingerprint density at radius 1 is 1.00 bits per heavy atom. The molecule has 0 spiro atoms. The van der Waals surface area contributed by atoms with Crippen molar-refractivity contribution in [2.45, 2.75) is 19.4 Å². The SMILES string of the molecule is COc1cc2nccc(Oc3ccc(NC(=O)c4c5n(cc(-c6ccc(F)cc6)c4=O)CCC5)cc3)c2nc1OC. The second-order valence-electron chi connectivity index (χ2n) is 9.45. The van der Waals surface area contributed by atoms with E-state index < -0.39 is 11.7 Å². The summed E-state index contributed by atoms with van der Waals surface area (Å²) >= 11 is 0. The number of amides is 1. The first-order valence-corrected chi connectivity index (χ1v) is 12.9. The molecule has 41 heavy (non-hydrogen) atoms. The van der Waals surface area contributed by atoms with Crippen LogP contribution in [0.5, 0.6) is 23.1 Å². The number of aryl methyl sites for hydroxylation is 1. The predicted octanol–water partition coefficient (Wildman–Crippen LogP) is 5.61. The number of carbonyl (C=O) groups excluding carboxylic acids is 1. The summed E-state index contributed by atoms with van der Waals surface area (Å²) in [5.74, 6) is 0.845. The van der Waals surface area contributed by atoms with Gasteiger partial charge in [-0.2, -0.15) is 0 Å². The predicted molar refractivity (Wildman–Crippen MR) is 152 cm³/mol. The van der Waals surface area contributed by atoms with E-state index in [1.807, 2.05) is 4.57 Å². The Bertz CT molecular complexity index is 1840. The van der Waals surface area contributed by atoms with Gasteiger partial charge in [-0.05, 0) is 54.8 Å². The molecule has 10 heteroatoms. The van der Waals surface area contributed by atoms with Crippen molar-refractivity contribution < 1.29 is 23.4 Å². The zero-order valence-corrected chi connectivity index (χ0v) is 22.3. The first-order chi connectivity index (χ1) is 19.9. The Morgan fingerprint density at radius 2 is 1.78 bits per heavy atom. The standard InChI is InChI=1S/C31H25FN4O5/c1-39-26-16-23-28(35-31(26)40-2)25(13-14-33-23)41-21-11-9-20(10-12-21)34-30(38)27-24-4-3-15-36(24)17-22(29(27)37)18-5-7-19(32)8-6-18/h5-14,16-17H,3-4,15H2,1-2H3,(H,34,38). The van der Waals surface area contributed by atoms with Crippen molar-refractivity contribution in [2.75, 3.05) is 19.5 Å². The van der Waals surface area contributed by atoms with Crippen LogP contribution in [-0.2, 0) is 13.0 Å². The lowest BCUT2D eigenvalue weighted by Gasteiger charge is -2.14. The summed E-state index contributed by atoms with van der Waals surface area (Å²) in [5, 5.41) is 2.84. The second kappa shape index (κ2) is 10.7. The summed E-state index contributed by atoms with van der Waals surface area (Å²) in [5.41, 5.74) is 2.90. The van der Waals surface area contributed by atoms with Crippen LogP contribution in [0.25, 0.3) is 22.2 Å². The molecule has 3 aromatic heterocycles. The monoisotopic (exact) mass is 552 g/mol. The number of halogens is 1. The van der Waals surface area contributed by atoms with E-state index in [1.54, 1.807) is 60.9 Å². The van der Waals surface area contributed by atoms with E-state index in [9.17, 15) is 14.0 Å². The third-order valence-electron chi connectivity index (χ3n) is 6.95. The fourth-order valence-electron chi connectivity index (χ4n) is 4.97. The van der Waals surface area contributed by atoms with Gasteiger partial charge in [-0.1, -0.05) is 12.1 Å². The van der Waals surface area contributed by atoms with Crippen molar-refractivity contribution in [2.24, 2.45) is 0 Å². The normalized spacial score (nSPS) is 12.2. The van der Waals surface area contributed by atoms with Gasteiger partial charge in [0.15, 0.2) is 11.5 Å². The van der Waals surface area contributed by atoms with Gasteiger partial charge in [-0.15, -0.1) is 0 Å². The third kappa shape index (κ3) is 4.95. The summed E-state index contributed by atoms with van der Waals surface area (Å²) in [6.07, 6.45) is 4.82. The van der Waals surface area contributed by atoms with Gasteiger partial charge in [0.05, 0.1) is 19.7 Å². The Kier molecular flexibility index (Phi) is 6.80. The van der Waals surface area contributed by atoms with Gasteiger partial charge < -0.3 is 24.1 Å². The van der Waals surface area contributed by atoms with Gasteiger partial charge in [-0.25, -0.2) is 9.37 Å². The first-order valence-electron chi connectivity index (χ1n) is 12.9. The Hall–Kier alpha value is -5.25. The fraction of sp³-hybridized carbons (Fsp3) is 0.161. The maximum atomic E-state index is 13.5. The molecule has 0 aliphatic carbocycles. The maximum Gasteiger partial charge on any atom is 0.261 e. The molecule has 0 unspecified atom stereocenters. The number of ether oxygens (including phenoxy) is 3. The van der Waals surface area contributed by atoms with Crippen LogP contribution in [0.3, 0.4) is 0 Å². The Labute approximate surface area is 234 Å². The minimum absolute atomic E-state index is 0.100. The van der Waals surface area contributed by atoms with E-state index in [0.717, 1.165) is 6.42 Å². The van der Waals surface area contributed by atoms with Crippen LogP contribution in [0.1, 0.15) is 22.5 Å². The minimum Gasteiger partial charge on any atom is -0.491 e. The number of carbonyl (C=O) groups is 1. The lowest BCUT2D eigenvalue weighted by Crippen LogP contribution is -2.26. The molecular weight excluding hydrogens is 527 g/mol. The van der Waals surface area contributed by atoms with Gasteiger partial charge >= 0.3 is 0 Å². The van der Waals surface area contributed by atoms with Crippen molar-refractivity contribution in [1.82, 2.24) is 14.5 Å². The summed E-state index contributed by atoms with van der Waals surface area (Å²) < 4.78 is 32.1. The molecule has 9 nitrogen and oxygen atoms in total. The number of methoxy groups -OCH3 is 2. The lowest BCUT2D eigenvalue weighted by atomic mass is 10.0. The van der Waals surface area contributed by atoms with Crippen molar-refractivity contribution in [3.05, 3.63) is 100 Å². The van der Waals surface area contributed by atoms with Crippen molar-refractivity contribution in [3.8, 4) is 34.3 Å². The molecule has 1 aliphatic heterocycles.